The summed E-state index contributed by atoms with van der Waals surface area (Å²) in [6.45, 7) is 5.79. The molecule has 0 fully saturated rings. The molecule has 1 atom stereocenters. The molecule has 1 unspecified atom stereocenters. The van der Waals surface area contributed by atoms with Crippen molar-refractivity contribution in [2.24, 2.45) is 5.73 Å². The number of fused-ring (bicyclic) bond motifs is 2. The molecule has 0 amide bonds. The first-order chi connectivity index (χ1) is 17.3. The molecular weight excluding hydrogens is 456 g/mol. The number of methoxy groups -OCH3 is 1. The Bertz CT molecular complexity index is 1590. The van der Waals surface area contributed by atoms with E-state index in [1.807, 2.05) is 57.2 Å². The van der Waals surface area contributed by atoms with Crippen molar-refractivity contribution in [2.45, 2.75) is 26.7 Å². The Labute approximate surface area is 208 Å². The number of esters is 1. The Balaban J connectivity index is 1.49. The zero-order chi connectivity index (χ0) is 25.6. The van der Waals surface area contributed by atoms with Crippen molar-refractivity contribution >= 4 is 16.9 Å². The van der Waals surface area contributed by atoms with Crippen LogP contribution in [0.2, 0.25) is 0 Å². The summed E-state index contributed by atoms with van der Waals surface area (Å²) in [5.74, 6) is 0.504. The van der Waals surface area contributed by atoms with Crippen LogP contribution in [0.5, 0.6) is 17.2 Å². The highest BCUT2D eigenvalue weighted by Gasteiger charge is 2.31. The molecule has 0 saturated heterocycles. The van der Waals surface area contributed by atoms with E-state index in [-0.39, 0.29) is 17.4 Å². The van der Waals surface area contributed by atoms with Crippen LogP contribution >= 0.6 is 0 Å². The fourth-order valence-electron chi connectivity index (χ4n) is 4.50. The van der Waals surface area contributed by atoms with Crippen molar-refractivity contribution in [3.8, 4) is 23.3 Å². The molecule has 7 heteroatoms. The van der Waals surface area contributed by atoms with Gasteiger partial charge >= 0.3 is 5.97 Å². The van der Waals surface area contributed by atoms with Crippen molar-refractivity contribution in [1.29, 1.82) is 5.26 Å². The average molecular weight is 481 g/mol. The van der Waals surface area contributed by atoms with E-state index in [1.54, 1.807) is 25.3 Å². The van der Waals surface area contributed by atoms with E-state index in [0.717, 1.165) is 33.2 Å². The summed E-state index contributed by atoms with van der Waals surface area (Å²) in [5, 5.41) is 10.6. The van der Waals surface area contributed by atoms with Gasteiger partial charge in [-0.05, 0) is 55.7 Å². The monoisotopic (exact) mass is 480 g/mol. The standard InChI is InChI=1S/C29H24N2O5/c1-15-5-11-21-17(3)27(36-26(21)16(15)2)29(32)34-20-10-12-22-24(13-20)35-28(31)23(14-30)25(22)18-6-8-19(33-4)9-7-18/h5-13,25H,31H2,1-4H3. The zero-order valence-corrected chi connectivity index (χ0v) is 20.3. The number of furan rings is 1. The third-order valence-corrected chi connectivity index (χ3v) is 6.66. The van der Waals surface area contributed by atoms with Gasteiger partial charge in [-0.15, -0.1) is 0 Å². The molecule has 2 heterocycles. The molecular formula is C29H24N2O5. The van der Waals surface area contributed by atoms with Crippen molar-refractivity contribution in [3.05, 3.63) is 99.6 Å². The van der Waals surface area contributed by atoms with Crippen molar-refractivity contribution in [1.82, 2.24) is 0 Å². The molecule has 180 valence electrons. The summed E-state index contributed by atoms with van der Waals surface area (Å²) in [4.78, 5) is 13.0. The van der Waals surface area contributed by atoms with E-state index in [4.69, 9.17) is 24.4 Å². The third kappa shape index (κ3) is 3.73. The topological polar surface area (TPSA) is 108 Å². The first-order valence-corrected chi connectivity index (χ1v) is 11.4. The van der Waals surface area contributed by atoms with Crippen LogP contribution in [0, 0.1) is 32.1 Å². The second-order valence-corrected chi connectivity index (χ2v) is 8.73. The lowest BCUT2D eigenvalue weighted by Gasteiger charge is -2.26. The molecule has 5 rings (SSSR count). The number of allylic oxidation sites excluding steroid dienone is 1. The highest BCUT2D eigenvalue weighted by Crippen LogP contribution is 2.43. The maximum Gasteiger partial charge on any atom is 0.379 e. The van der Waals surface area contributed by atoms with Crippen LogP contribution in [-0.2, 0) is 0 Å². The number of rotatable bonds is 4. The Morgan fingerprint density at radius 3 is 2.42 bits per heavy atom. The van der Waals surface area contributed by atoms with Gasteiger partial charge in [-0.25, -0.2) is 4.79 Å². The first-order valence-electron chi connectivity index (χ1n) is 11.4. The maximum atomic E-state index is 13.0. The van der Waals surface area contributed by atoms with Crippen LogP contribution in [0.1, 0.15) is 44.3 Å². The molecule has 0 saturated carbocycles. The van der Waals surface area contributed by atoms with Crippen LogP contribution < -0.4 is 19.9 Å². The molecule has 0 bridgehead atoms. The number of nitrogens with two attached hydrogens (primary N) is 1. The van der Waals surface area contributed by atoms with Gasteiger partial charge in [-0.3, -0.25) is 0 Å². The summed E-state index contributed by atoms with van der Waals surface area (Å²) < 4.78 is 22.6. The molecule has 2 N–H and O–H groups in total. The van der Waals surface area contributed by atoms with Crippen LogP contribution in [0.4, 0.5) is 0 Å². The number of nitriles is 1. The third-order valence-electron chi connectivity index (χ3n) is 6.66. The number of carbonyl (C=O) groups excluding carboxylic acids is 1. The number of benzene rings is 3. The lowest BCUT2D eigenvalue weighted by molar-refractivity contribution is 0.0702. The molecule has 1 aromatic heterocycles. The average Bonchev–Trinajstić information content (AvgIpc) is 3.22. The summed E-state index contributed by atoms with van der Waals surface area (Å²) in [7, 11) is 1.59. The summed E-state index contributed by atoms with van der Waals surface area (Å²) in [6, 6.07) is 18.6. The van der Waals surface area contributed by atoms with Crippen molar-refractivity contribution in [2.75, 3.05) is 7.11 Å². The predicted molar refractivity (Wildman–Crippen MR) is 134 cm³/mol. The fourth-order valence-corrected chi connectivity index (χ4v) is 4.50. The van der Waals surface area contributed by atoms with E-state index >= 15 is 0 Å². The minimum atomic E-state index is -0.607. The number of hydrogen-bond acceptors (Lipinski definition) is 7. The second-order valence-electron chi connectivity index (χ2n) is 8.73. The quantitative estimate of drug-likeness (QED) is 0.290. The molecule has 0 aliphatic carbocycles. The number of ether oxygens (including phenoxy) is 3. The first kappa shape index (κ1) is 23.1. The smallest absolute Gasteiger partial charge is 0.379 e. The van der Waals surface area contributed by atoms with Crippen LogP contribution in [0.3, 0.4) is 0 Å². The lowest BCUT2D eigenvalue weighted by Crippen LogP contribution is -2.21. The van der Waals surface area contributed by atoms with Gasteiger partial charge in [-0.1, -0.05) is 30.3 Å². The molecule has 0 radical (unpaired) electrons. The van der Waals surface area contributed by atoms with Gasteiger partial charge < -0.3 is 24.4 Å². The Morgan fingerprint density at radius 1 is 1.00 bits per heavy atom. The number of carbonyl (C=O) groups is 1. The van der Waals surface area contributed by atoms with Gasteiger partial charge in [0.15, 0.2) is 0 Å². The number of nitrogens with zero attached hydrogens (tertiary/aromatic N) is 1. The fraction of sp³-hybridized carbons (Fsp3) is 0.172. The molecule has 7 nitrogen and oxygen atoms in total. The van der Waals surface area contributed by atoms with E-state index in [0.29, 0.717) is 22.7 Å². The molecule has 36 heavy (non-hydrogen) atoms. The number of hydrogen-bond donors (Lipinski definition) is 1. The van der Waals surface area contributed by atoms with Crippen molar-refractivity contribution < 1.29 is 23.4 Å². The van der Waals surface area contributed by atoms with Crippen LogP contribution in [0.25, 0.3) is 11.0 Å². The van der Waals surface area contributed by atoms with Gasteiger partial charge in [-0.2, -0.15) is 5.26 Å². The highest BCUT2D eigenvalue weighted by atomic mass is 16.5. The Hall–Kier alpha value is -4.70. The molecule has 1 aliphatic heterocycles. The summed E-state index contributed by atoms with van der Waals surface area (Å²) in [5.41, 5.74) is 11.5. The summed E-state index contributed by atoms with van der Waals surface area (Å²) in [6.07, 6.45) is 0. The van der Waals surface area contributed by atoms with Gasteiger partial charge in [0.05, 0.1) is 13.0 Å². The SMILES string of the molecule is COc1ccc(C2C(C#N)=C(N)Oc3cc(OC(=O)c4oc5c(C)c(C)ccc5c4C)ccc32)cc1. The highest BCUT2D eigenvalue weighted by molar-refractivity contribution is 5.97. The van der Waals surface area contributed by atoms with E-state index in [2.05, 4.69) is 6.07 Å². The second kappa shape index (κ2) is 8.82. The van der Waals surface area contributed by atoms with E-state index in [1.165, 1.54) is 0 Å². The van der Waals surface area contributed by atoms with Gasteiger partial charge in [0.2, 0.25) is 11.6 Å². The number of aryl methyl sites for hydroxylation is 3. The molecule has 4 aromatic rings. The minimum absolute atomic E-state index is 0.00766. The molecule has 1 aliphatic rings. The maximum absolute atomic E-state index is 13.0. The summed E-state index contributed by atoms with van der Waals surface area (Å²) >= 11 is 0. The van der Waals surface area contributed by atoms with Crippen molar-refractivity contribution in [3.63, 3.8) is 0 Å². The minimum Gasteiger partial charge on any atom is -0.497 e. The Morgan fingerprint density at radius 2 is 1.72 bits per heavy atom. The van der Waals surface area contributed by atoms with Gasteiger partial charge in [0.1, 0.15) is 34.5 Å². The predicted octanol–water partition coefficient (Wildman–Crippen LogP) is 5.80. The molecule has 0 spiro atoms. The lowest BCUT2D eigenvalue weighted by atomic mass is 9.83. The van der Waals surface area contributed by atoms with E-state index < -0.39 is 11.9 Å². The normalized spacial score (nSPS) is 14.7. The van der Waals surface area contributed by atoms with E-state index in [9.17, 15) is 10.1 Å². The van der Waals surface area contributed by atoms with Crippen LogP contribution in [-0.4, -0.2) is 13.1 Å². The largest absolute Gasteiger partial charge is 0.497 e. The van der Waals surface area contributed by atoms with Gasteiger partial charge in [0.25, 0.3) is 0 Å². The van der Waals surface area contributed by atoms with Gasteiger partial charge in [0, 0.05) is 22.6 Å². The molecule has 3 aromatic carbocycles. The van der Waals surface area contributed by atoms with Crippen LogP contribution in [0.15, 0.2) is 70.5 Å². The Kier molecular flexibility index (Phi) is 5.65. The zero-order valence-electron chi connectivity index (χ0n) is 20.3.